The van der Waals surface area contributed by atoms with Crippen molar-refractivity contribution in [2.24, 2.45) is 0 Å². The van der Waals surface area contributed by atoms with E-state index in [0.29, 0.717) is 22.8 Å². The van der Waals surface area contributed by atoms with E-state index in [-0.39, 0.29) is 11.8 Å². The summed E-state index contributed by atoms with van der Waals surface area (Å²) in [4.78, 5) is 28.0. The predicted octanol–water partition coefficient (Wildman–Crippen LogP) is 4.04. The van der Waals surface area contributed by atoms with Crippen LogP contribution in [0.4, 0.5) is 22.9 Å². The summed E-state index contributed by atoms with van der Waals surface area (Å²) in [6.45, 7) is 1.43. The van der Waals surface area contributed by atoms with Crippen LogP contribution in [0.15, 0.2) is 66.9 Å². The van der Waals surface area contributed by atoms with Gasteiger partial charge < -0.3 is 20.7 Å². The van der Waals surface area contributed by atoms with Gasteiger partial charge >= 0.3 is 0 Å². The zero-order chi connectivity index (χ0) is 19.9. The Kier molecular flexibility index (Phi) is 5.86. The average molecular weight is 376 g/mol. The summed E-state index contributed by atoms with van der Waals surface area (Å²) in [5, 5.41) is 8.65. The van der Waals surface area contributed by atoms with E-state index in [9.17, 15) is 9.59 Å². The molecule has 0 unspecified atom stereocenters. The molecule has 7 heteroatoms. The molecule has 3 N–H and O–H groups in total. The van der Waals surface area contributed by atoms with Gasteiger partial charge in [0.2, 0.25) is 5.91 Å². The first-order valence-electron chi connectivity index (χ1n) is 8.59. The highest BCUT2D eigenvalue weighted by molar-refractivity contribution is 6.05. The summed E-state index contributed by atoms with van der Waals surface area (Å²) in [7, 11) is 1.60. The molecular weight excluding hydrogens is 356 g/mol. The topological polar surface area (TPSA) is 92.4 Å². The summed E-state index contributed by atoms with van der Waals surface area (Å²) in [5.74, 6) is 0.799. The lowest BCUT2D eigenvalue weighted by molar-refractivity contribution is -0.114. The number of hydrogen-bond donors (Lipinski definition) is 3. The lowest BCUT2D eigenvalue weighted by Gasteiger charge is -2.10. The number of hydrogen-bond acceptors (Lipinski definition) is 5. The van der Waals surface area contributed by atoms with Crippen molar-refractivity contribution >= 4 is 34.7 Å². The number of nitrogens with one attached hydrogen (secondary N) is 3. The molecule has 3 rings (SSSR count). The summed E-state index contributed by atoms with van der Waals surface area (Å²) >= 11 is 0. The number of anilines is 4. The molecule has 7 nitrogen and oxygen atoms in total. The van der Waals surface area contributed by atoms with Crippen molar-refractivity contribution in [1.82, 2.24) is 4.98 Å². The Morgan fingerprint density at radius 2 is 1.61 bits per heavy atom. The Balaban J connectivity index is 1.72. The van der Waals surface area contributed by atoms with Crippen molar-refractivity contribution in [3.8, 4) is 5.75 Å². The maximum Gasteiger partial charge on any atom is 0.255 e. The van der Waals surface area contributed by atoms with E-state index in [0.717, 1.165) is 11.4 Å². The normalized spacial score (nSPS) is 10.1. The smallest absolute Gasteiger partial charge is 0.255 e. The summed E-state index contributed by atoms with van der Waals surface area (Å²) < 4.78 is 5.20. The van der Waals surface area contributed by atoms with Crippen LogP contribution in [0.5, 0.6) is 5.75 Å². The molecule has 2 aromatic carbocycles. The molecule has 0 spiro atoms. The maximum absolute atomic E-state index is 12.6. The van der Waals surface area contributed by atoms with Crippen molar-refractivity contribution in [2.45, 2.75) is 6.92 Å². The Hall–Kier alpha value is -3.87. The third kappa shape index (κ3) is 5.07. The first-order valence-corrected chi connectivity index (χ1v) is 8.59. The quantitative estimate of drug-likeness (QED) is 0.604. The van der Waals surface area contributed by atoms with Crippen LogP contribution in [0.2, 0.25) is 0 Å². The van der Waals surface area contributed by atoms with Gasteiger partial charge in [-0.15, -0.1) is 0 Å². The number of ether oxygens (including phenoxy) is 1. The molecule has 1 aromatic heterocycles. The third-order valence-electron chi connectivity index (χ3n) is 3.81. The number of benzene rings is 2. The lowest BCUT2D eigenvalue weighted by atomic mass is 10.2. The molecular formula is C21H20N4O3. The number of aromatic nitrogens is 1. The van der Waals surface area contributed by atoms with Gasteiger partial charge in [0.25, 0.3) is 5.91 Å². The predicted molar refractivity (Wildman–Crippen MR) is 109 cm³/mol. The number of carbonyl (C=O) groups is 2. The van der Waals surface area contributed by atoms with Gasteiger partial charge in [-0.2, -0.15) is 0 Å². The number of amides is 2. The van der Waals surface area contributed by atoms with Crippen LogP contribution in [-0.4, -0.2) is 23.9 Å². The van der Waals surface area contributed by atoms with E-state index in [2.05, 4.69) is 20.9 Å². The minimum absolute atomic E-state index is 0.175. The SMILES string of the molecule is COc1cccc(Nc2cc(C(=O)Nc3cccc(NC(C)=O)c3)ccn2)c1. The van der Waals surface area contributed by atoms with Crippen LogP contribution in [0.1, 0.15) is 17.3 Å². The fourth-order valence-electron chi connectivity index (χ4n) is 2.57. The standard InChI is InChI=1S/C21H20N4O3/c1-14(26)23-16-5-3-6-17(12-16)25-21(27)15-9-10-22-20(11-15)24-18-7-4-8-19(13-18)28-2/h3-13H,1-2H3,(H,22,24)(H,23,26)(H,25,27). The molecule has 28 heavy (non-hydrogen) atoms. The van der Waals surface area contributed by atoms with E-state index >= 15 is 0 Å². The zero-order valence-corrected chi connectivity index (χ0v) is 15.5. The van der Waals surface area contributed by atoms with E-state index < -0.39 is 0 Å². The minimum Gasteiger partial charge on any atom is -0.497 e. The van der Waals surface area contributed by atoms with Gasteiger partial charge in [-0.05, 0) is 42.5 Å². The Morgan fingerprint density at radius 1 is 0.893 bits per heavy atom. The summed E-state index contributed by atoms with van der Waals surface area (Å²) in [6.07, 6.45) is 1.56. The van der Waals surface area contributed by atoms with Gasteiger partial charge in [-0.3, -0.25) is 9.59 Å². The number of pyridine rings is 1. The second-order valence-corrected chi connectivity index (χ2v) is 6.00. The van der Waals surface area contributed by atoms with Gasteiger partial charge in [-0.25, -0.2) is 4.98 Å². The molecule has 0 aliphatic heterocycles. The monoisotopic (exact) mass is 376 g/mol. The molecule has 0 saturated heterocycles. The second kappa shape index (κ2) is 8.68. The van der Waals surface area contributed by atoms with Crippen molar-refractivity contribution in [1.29, 1.82) is 0 Å². The number of rotatable bonds is 6. The van der Waals surface area contributed by atoms with Crippen LogP contribution in [0.3, 0.4) is 0 Å². The molecule has 0 fully saturated rings. The van der Waals surface area contributed by atoms with Crippen molar-refractivity contribution in [3.63, 3.8) is 0 Å². The summed E-state index contributed by atoms with van der Waals surface area (Å²) in [5.41, 5.74) is 2.44. The zero-order valence-electron chi connectivity index (χ0n) is 15.5. The van der Waals surface area contributed by atoms with Crippen molar-refractivity contribution in [2.75, 3.05) is 23.1 Å². The molecule has 3 aromatic rings. The Bertz CT molecular complexity index is 1000. The molecule has 0 aliphatic rings. The highest BCUT2D eigenvalue weighted by Crippen LogP contribution is 2.21. The highest BCUT2D eigenvalue weighted by atomic mass is 16.5. The Morgan fingerprint density at radius 3 is 2.36 bits per heavy atom. The van der Waals surface area contributed by atoms with E-state index in [1.54, 1.807) is 49.7 Å². The highest BCUT2D eigenvalue weighted by Gasteiger charge is 2.09. The van der Waals surface area contributed by atoms with Crippen molar-refractivity contribution < 1.29 is 14.3 Å². The van der Waals surface area contributed by atoms with Crippen LogP contribution < -0.4 is 20.7 Å². The Labute approximate surface area is 162 Å². The number of nitrogens with zero attached hydrogens (tertiary/aromatic N) is 1. The van der Waals surface area contributed by atoms with Gasteiger partial charge in [0, 0.05) is 41.8 Å². The van der Waals surface area contributed by atoms with Gasteiger partial charge in [-0.1, -0.05) is 12.1 Å². The molecule has 0 radical (unpaired) electrons. The molecule has 0 atom stereocenters. The van der Waals surface area contributed by atoms with Crippen LogP contribution in [0, 0.1) is 0 Å². The molecule has 0 bridgehead atoms. The lowest BCUT2D eigenvalue weighted by Crippen LogP contribution is -2.13. The first kappa shape index (κ1) is 18.9. The van der Waals surface area contributed by atoms with Crippen LogP contribution in [-0.2, 0) is 4.79 Å². The van der Waals surface area contributed by atoms with E-state index in [4.69, 9.17) is 4.74 Å². The maximum atomic E-state index is 12.6. The second-order valence-electron chi connectivity index (χ2n) is 6.00. The van der Waals surface area contributed by atoms with Crippen LogP contribution >= 0.6 is 0 Å². The average Bonchev–Trinajstić information content (AvgIpc) is 2.68. The van der Waals surface area contributed by atoms with Gasteiger partial charge in [0.15, 0.2) is 0 Å². The molecule has 0 aliphatic carbocycles. The molecule has 1 heterocycles. The van der Waals surface area contributed by atoms with Gasteiger partial charge in [0.05, 0.1) is 7.11 Å². The minimum atomic E-state index is -0.281. The third-order valence-corrected chi connectivity index (χ3v) is 3.81. The molecule has 0 saturated carbocycles. The van der Waals surface area contributed by atoms with E-state index in [1.165, 1.54) is 6.92 Å². The van der Waals surface area contributed by atoms with Crippen molar-refractivity contribution in [3.05, 3.63) is 72.4 Å². The summed E-state index contributed by atoms with van der Waals surface area (Å²) in [6, 6.07) is 17.7. The van der Waals surface area contributed by atoms with Crippen LogP contribution in [0.25, 0.3) is 0 Å². The van der Waals surface area contributed by atoms with Gasteiger partial charge in [0.1, 0.15) is 11.6 Å². The van der Waals surface area contributed by atoms with E-state index in [1.807, 2.05) is 24.3 Å². The number of methoxy groups -OCH3 is 1. The first-order chi connectivity index (χ1) is 13.5. The molecule has 142 valence electrons. The fourth-order valence-corrected chi connectivity index (χ4v) is 2.57. The largest absolute Gasteiger partial charge is 0.497 e. The molecule has 2 amide bonds. The number of carbonyl (C=O) groups excluding carboxylic acids is 2. The fraction of sp³-hybridized carbons (Fsp3) is 0.0952.